The Balaban J connectivity index is 2.32. The maximum Gasteiger partial charge on any atom is -0.00560 e. The van der Waals surface area contributed by atoms with Gasteiger partial charge in [0.2, 0.25) is 0 Å². The van der Waals surface area contributed by atoms with E-state index in [9.17, 15) is 0 Å². The van der Waals surface area contributed by atoms with Gasteiger partial charge in [-0.05, 0) is 31.1 Å². The normalized spacial score (nSPS) is 50.8. The molecule has 2 aliphatic carbocycles. The Labute approximate surface area is 50.6 Å². The van der Waals surface area contributed by atoms with Crippen LogP contribution in [0.1, 0.15) is 26.7 Å². The van der Waals surface area contributed by atoms with Crippen LogP contribution in [0.15, 0.2) is 11.6 Å². The van der Waals surface area contributed by atoms with Gasteiger partial charge >= 0.3 is 0 Å². The van der Waals surface area contributed by atoms with Crippen LogP contribution in [0.3, 0.4) is 0 Å². The molecule has 0 amide bonds. The zero-order valence-electron chi connectivity index (χ0n) is 5.57. The van der Waals surface area contributed by atoms with Crippen LogP contribution in [0, 0.1) is 11.3 Å². The van der Waals surface area contributed by atoms with Crippen molar-refractivity contribution in [1.82, 2.24) is 0 Å². The van der Waals surface area contributed by atoms with E-state index >= 15 is 0 Å². The highest BCUT2D eigenvalue weighted by Crippen LogP contribution is 2.59. The smallest absolute Gasteiger partial charge is 0.00560 e. The van der Waals surface area contributed by atoms with E-state index < -0.39 is 0 Å². The Bertz CT molecular complexity index is 155. The second-order valence-electron chi connectivity index (χ2n) is 3.41. The number of hydrogen-bond donors (Lipinski definition) is 0. The molecule has 0 aliphatic heterocycles. The third-order valence-electron chi connectivity index (χ3n) is 3.15. The lowest BCUT2D eigenvalue weighted by Crippen LogP contribution is -2.44. The summed E-state index contributed by atoms with van der Waals surface area (Å²) in [4.78, 5) is 0. The van der Waals surface area contributed by atoms with Crippen LogP contribution < -0.4 is 0 Å². The molecule has 8 heavy (non-hydrogen) atoms. The minimum absolute atomic E-state index is 0.681. The first kappa shape index (κ1) is 4.60. The molecule has 0 nitrogen and oxygen atoms in total. The van der Waals surface area contributed by atoms with Crippen molar-refractivity contribution in [2.75, 3.05) is 0 Å². The van der Waals surface area contributed by atoms with Crippen LogP contribution in [0.4, 0.5) is 0 Å². The summed E-state index contributed by atoms with van der Waals surface area (Å²) in [5.41, 5.74) is 2.31. The van der Waals surface area contributed by atoms with Crippen molar-refractivity contribution >= 4 is 0 Å². The van der Waals surface area contributed by atoms with Gasteiger partial charge in [-0.1, -0.05) is 18.6 Å². The first-order chi connectivity index (χ1) is 3.73. The molecule has 0 radical (unpaired) electrons. The SMILES string of the molecule is CC1=CC2CCC12C. The van der Waals surface area contributed by atoms with E-state index in [1.54, 1.807) is 5.57 Å². The van der Waals surface area contributed by atoms with Gasteiger partial charge in [0.25, 0.3) is 0 Å². The summed E-state index contributed by atoms with van der Waals surface area (Å²) in [7, 11) is 0. The van der Waals surface area contributed by atoms with E-state index in [0.29, 0.717) is 5.41 Å². The highest BCUT2D eigenvalue weighted by atomic mass is 14.5. The Kier molecular flexibility index (Phi) is 0.588. The third kappa shape index (κ3) is 0.273. The number of rotatable bonds is 0. The summed E-state index contributed by atoms with van der Waals surface area (Å²) in [6.45, 7) is 4.64. The lowest BCUT2D eigenvalue weighted by molar-refractivity contribution is 0.0957. The molecule has 0 heterocycles. The second kappa shape index (κ2) is 1.02. The van der Waals surface area contributed by atoms with Crippen molar-refractivity contribution in [3.63, 3.8) is 0 Å². The summed E-state index contributed by atoms with van der Waals surface area (Å²) in [6, 6.07) is 0. The third-order valence-corrected chi connectivity index (χ3v) is 3.15. The predicted molar refractivity (Wildman–Crippen MR) is 34.6 cm³/mol. The minimum Gasteiger partial charge on any atom is -0.0811 e. The molecular formula is C8H12. The van der Waals surface area contributed by atoms with Crippen molar-refractivity contribution in [2.45, 2.75) is 26.7 Å². The Hall–Kier alpha value is -0.260. The minimum atomic E-state index is 0.681. The molecule has 0 spiro atoms. The first-order valence-corrected chi connectivity index (χ1v) is 3.42. The van der Waals surface area contributed by atoms with Crippen LogP contribution in [-0.2, 0) is 0 Å². The number of allylic oxidation sites excluding steroid dienone is 2. The zero-order chi connectivity index (χ0) is 5.78. The molecule has 0 bridgehead atoms. The fourth-order valence-corrected chi connectivity index (χ4v) is 1.90. The van der Waals surface area contributed by atoms with E-state index in [2.05, 4.69) is 19.9 Å². The van der Waals surface area contributed by atoms with Gasteiger partial charge in [0.15, 0.2) is 0 Å². The summed E-state index contributed by atoms with van der Waals surface area (Å²) in [6.07, 6.45) is 5.32. The standard InChI is InChI=1S/C8H12/c1-6-5-7-3-4-8(6,7)2/h5,7H,3-4H2,1-2H3. The first-order valence-electron chi connectivity index (χ1n) is 3.42. The topological polar surface area (TPSA) is 0 Å². The van der Waals surface area contributed by atoms with E-state index in [1.807, 2.05) is 0 Å². The summed E-state index contributed by atoms with van der Waals surface area (Å²) in [5, 5.41) is 0. The molecule has 0 aromatic rings. The van der Waals surface area contributed by atoms with Crippen LogP contribution in [0.2, 0.25) is 0 Å². The fraction of sp³-hybridized carbons (Fsp3) is 0.750. The molecule has 2 atom stereocenters. The molecule has 0 aromatic carbocycles. The average Bonchev–Trinajstić information content (AvgIpc) is 1.79. The van der Waals surface area contributed by atoms with E-state index in [1.165, 1.54) is 12.8 Å². The Morgan fingerprint density at radius 1 is 1.75 bits per heavy atom. The lowest BCUT2D eigenvalue weighted by Gasteiger charge is -2.54. The van der Waals surface area contributed by atoms with Crippen molar-refractivity contribution in [3.05, 3.63) is 11.6 Å². The summed E-state index contributed by atoms with van der Waals surface area (Å²) >= 11 is 0. The monoisotopic (exact) mass is 108 g/mol. The van der Waals surface area contributed by atoms with Crippen molar-refractivity contribution in [3.8, 4) is 0 Å². The maximum absolute atomic E-state index is 2.42. The Morgan fingerprint density at radius 2 is 2.50 bits per heavy atom. The van der Waals surface area contributed by atoms with Crippen molar-refractivity contribution in [1.29, 1.82) is 0 Å². The number of fused-ring (bicyclic) bond motifs is 1. The molecule has 1 saturated carbocycles. The fourth-order valence-electron chi connectivity index (χ4n) is 1.90. The molecular weight excluding hydrogens is 96.1 g/mol. The van der Waals surface area contributed by atoms with E-state index in [4.69, 9.17) is 0 Å². The van der Waals surface area contributed by atoms with Crippen LogP contribution in [0.25, 0.3) is 0 Å². The van der Waals surface area contributed by atoms with Crippen LogP contribution in [0.5, 0.6) is 0 Å². The molecule has 0 saturated heterocycles. The number of hydrogen-bond acceptors (Lipinski definition) is 0. The summed E-state index contributed by atoms with van der Waals surface area (Å²) < 4.78 is 0. The molecule has 1 fully saturated rings. The molecule has 44 valence electrons. The maximum atomic E-state index is 2.42. The van der Waals surface area contributed by atoms with Gasteiger partial charge in [-0.25, -0.2) is 0 Å². The van der Waals surface area contributed by atoms with Crippen LogP contribution >= 0.6 is 0 Å². The lowest BCUT2D eigenvalue weighted by atomic mass is 9.50. The summed E-state index contributed by atoms with van der Waals surface area (Å²) in [5.74, 6) is 0.975. The van der Waals surface area contributed by atoms with Gasteiger partial charge in [-0.3, -0.25) is 0 Å². The van der Waals surface area contributed by atoms with Gasteiger partial charge in [0.05, 0.1) is 0 Å². The van der Waals surface area contributed by atoms with Gasteiger partial charge in [0.1, 0.15) is 0 Å². The highest BCUT2D eigenvalue weighted by molar-refractivity contribution is 5.31. The van der Waals surface area contributed by atoms with Crippen LogP contribution in [-0.4, -0.2) is 0 Å². The molecule has 0 aromatic heterocycles. The quantitative estimate of drug-likeness (QED) is 0.418. The van der Waals surface area contributed by atoms with E-state index in [-0.39, 0.29) is 0 Å². The molecule has 2 unspecified atom stereocenters. The molecule has 2 rings (SSSR count). The van der Waals surface area contributed by atoms with E-state index in [0.717, 1.165) is 5.92 Å². The zero-order valence-corrected chi connectivity index (χ0v) is 5.57. The Morgan fingerprint density at radius 3 is 2.50 bits per heavy atom. The second-order valence-corrected chi connectivity index (χ2v) is 3.41. The largest absolute Gasteiger partial charge is 0.0811 e. The molecule has 2 aliphatic rings. The van der Waals surface area contributed by atoms with Gasteiger partial charge in [-0.2, -0.15) is 0 Å². The highest BCUT2D eigenvalue weighted by Gasteiger charge is 2.48. The molecule has 0 N–H and O–H groups in total. The van der Waals surface area contributed by atoms with Gasteiger partial charge < -0.3 is 0 Å². The van der Waals surface area contributed by atoms with Crippen molar-refractivity contribution in [2.24, 2.45) is 11.3 Å². The van der Waals surface area contributed by atoms with Gasteiger partial charge in [0, 0.05) is 0 Å². The van der Waals surface area contributed by atoms with Crippen molar-refractivity contribution < 1.29 is 0 Å². The van der Waals surface area contributed by atoms with Gasteiger partial charge in [-0.15, -0.1) is 0 Å². The molecule has 0 heteroatoms. The predicted octanol–water partition coefficient (Wildman–Crippen LogP) is 2.36. The average molecular weight is 108 g/mol.